The lowest BCUT2D eigenvalue weighted by atomic mass is 10.2. The Morgan fingerprint density at radius 3 is 2.57 bits per heavy atom. The molecule has 0 N–H and O–H groups in total. The van der Waals surface area contributed by atoms with Crippen molar-refractivity contribution in [2.24, 2.45) is 0 Å². The Morgan fingerprint density at radius 1 is 0.783 bits per heavy atom. The first kappa shape index (κ1) is 14.0. The molecular formula is C18H14N4S. The van der Waals surface area contributed by atoms with Gasteiger partial charge in [0.1, 0.15) is 5.69 Å². The van der Waals surface area contributed by atoms with Crippen molar-refractivity contribution in [1.29, 1.82) is 0 Å². The van der Waals surface area contributed by atoms with Gasteiger partial charge in [-0.1, -0.05) is 6.07 Å². The molecule has 0 bridgehead atoms. The molecule has 0 aromatic carbocycles. The van der Waals surface area contributed by atoms with Crippen molar-refractivity contribution in [2.45, 2.75) is 13.8 Å². The van der Waals surface area contributed by atoms with Gasteiger partial charge in [0.15, 0.2) is 0 Å². The van der Waals surface area contributed by atoms with Crippen LogP contribution in [0.4, 0.5) is 0 Å². The Morgan fingerprint density at radius 2 is 1.70 bits per heavy atom. The van der Waals surface area contributed by atoms with Crippen molar-refractivity contribution in [3.8, 4) is 22.0 Å². The zero-order valence-electron chi connectivity index (χ0n) is 12.8. The number of pyridine rings is 3. The van der Waals surface area contributed by atoms with E-state index in [0.29, 0.717) is 0 Å². The number of thiazole rings is 1. The summed E-state index contributed by atoms with van der Waals surface area (Å²) >= 11 is 1.64. The second-order valence-electron chi connectivity index (χ2n) is 5.31. The first-order valence-corrected chi connectivity index (χ1v) is 8.16. The molecule has 0 amide bonds. The van der Waals surface area contributed by atoms with Crippen molar-refractivity contribution in [3.05, 3.63) is 59.4 Å². The Bertz CT molecular complexity index is 1010. The molecule has 4 aromatic heterocycles. The van der Waals surface area contributed by atoms with E-state index in [-0.39, 0.29) is 0 Å². The number of nitrogens with zero attached hydrogens (tertiary/aromatic N) is 4. The molecule has 4 heterocycles. The first-order chi connectivity index (χ1) is 11.2. The van der Waals surface area contributed by atoms with Crippen LogP contribution in [0.5, 0.6) is 0 Å². The number of aryl methyl sites for hydroxylation is 2. The van der Waals surface area contributed by atoms with Crippen LogP contribution in [0, 0.1) is 13.8 Å². The lowest BCUT2D eigenvalue weighted by Gasteiger charge is -2.04. The molecule has 0 atom stereocenters. The van der Waals surface area contributed by atoms with Gasteiger partial charge in [-0.3, -0.25) is 9.97 Å². The first-order valence-electron chi connectivity index (χ1n) is 7.34. The predicted molar refractivity (Wildman–Crippen MR) is 93.4 cm³/mol. The molecule has 0 saturated carbocycles. The number of aromatic nitrogens is 4. The second kappa shape index (κ2) is 5.52. The van der Waals surface area contributed by atoms with E-state index in [4.69, 9.17) is 4.98 Å². The normalized spacial score (nSPS) is 11.0. The summed E-state index contributed by atoms with van der Waals surface area (Å²) in [4.78, 5) is 19.4. The van der Waals surface area contributed by atoms with E-state index in [0.717, 1.165) is 43.7 Å². The minimum absolute atomic E-state index is 0.887. The van der Waals surface area contributed by atoms with Crippen molar-refractivity contribution in [3.63, 3.8) is 0 Å². The molecule has 4 rings (SSSR count). The topological polar surface area (TPSA) is 51.6 Å². The maximum atomic E-state index is 4.75. The van der Waals surface area contributed by atoms with Crippen LogP contribution >= 0.6 is 11.3 Å². The fraction of sp³-hybridized carbons (Fsp3) is 0.111. The van der Waals surface area contributed by atoms with E-state index in [1.54, 1.807) is 17.5 Å². The van der Waals surface area contributed by atoms with Crippen LogP contribution in [0.3, 0.4) is 0 Å². The molecule has 4 aromatic rings. The molecule has 4 nitrogen and oxygen atoms in total. The summed E-state index contributed by atoms with van der Waals surface area (Å²) in [6, 6.07) is 13.9. The molecule has 0 fully saturated rings. The number of hydrogen-bond donors (Lipinski definition) is 0. The fourth-order valence-corrected chi connectivity index (χ4v) is 3.43. The van der Waals surface area contributed by atoms with E-state index in [2.05, 4.69) is 15.0 Å². The van der Waals surface area contributed by atoms with Gasteiger partial charge in [-0.15, -0.1) is 11.3 Å². The van der Waals surface area contributed by atoms with Gasteiger partial charge in [-0.05, 0) is 50.2 Å². The van der Waals surface area contributed by atoms with Crippen LogP contribution in [0.2, 0.25) is 0 Å². The van der Waals surface area contributed by atoms with Gasteiger partial charge in [0.25, 0.3) is 0 Å². The Labute approximate surface area is 137 Å². The molecule has 0 aliphatic rings. The van der Waals surface area contributed by atoms with Gasteiger partial charge >= 0.3 is 0 Å². The number of fused-ring (bicyclic) bond motifs is 1. The quantitative estimate of drug-likeness (QED) is 0.548. The molecular weight excluding hydrogens is 304 g/mol. The average molecular weight is 318 g/mol. The van der Waals surface area contributed by atoms with E-state index >= 15 is 0 Å². The van der Waals surface area contributed by atoms with Gasteiger partial charge in [0.05, 0.1) is 32.3 Å². The highest BCUT2D eigenvalue weighted by molar-refractivity contribution is 7.15. The molecule has 0 saturated heterocycles. The van der Waals surface area contributed by atoms with Crippen molar-refractivity contribution in [2.75, 3.05) is 0 Å². The molecule has 112 valence electrons. The molecule has 0 unspecified atom stereocenters. The van der Waals surface area contributed by atoms with Crippen LogP contribution in [0.1, 0.15) is 10.7 Å². The molecule has 0 aliphatic heterocycles. The molecule has 23 heavy (non-hydrogen) atoms. The minimum atomic E-state index is 0.887. The van der Waals surface area contributed by atoms with Crippen LogP contribution in [-0.2, 0) is 0 Å². The van der Waals surface area contributed by atoms with E-state index in [1.807, 2.05) is 56.3 Å². The van der Waals surface area contributed by atoms with E-state index in [1.165, 1.54) is 0 Å². The van der Waals surface area contributed by atoms with E-state index < -0.39 is 0 Å². The maximum absolute atomic E-state index is 4.75. The summed E-state index contributed by atoms with van der Waals surface area (Å²) in [7, 11) is 0. The molecule has 5 heteroatoms. The highest BCUT2D eigenvalue weighted by atomic mass is 32.1. The van der Waals surface area contributed by atoms with Crippen molar-refractivity contribution in [1.82, 2.24) is 19.9 Å². The van der Waals surface area contributed by atoms with Crippen molar-refractivity contribution >= 4 is 22.4 Å². The SMILES string of the molecule is Cc1cccc(-c2nc(C)sc2-c2ccc3ncccc3n2)n1. The Hall–Kier alpha value is -2.66. The van der Waals surface area contributed by atoms with Crippen LogP contribution in [0.25, 0.3) is 33.0 Å². The highest BCUT2D eigenvalue weighted by Crippen LogP contribution is 2.35. The van der Waals surface area contributed by atoms with Gasteiger partial charge < -0.3 is 0 Å². The second-order valence-corrected chi connectivity index (χ2v) is 6.52. The standard InChI is InChI=1S/C18H14N4S/c1-11-5-3-6-15(20-11)17-18(23-12(2)21-17)16-9-8-13-14(22-16)7-4-10-19-13/h3-10H,1-2H3. The Balaban J connectivity index is 1.91. The summed E-state index contributed by atoms with van der Waals surface area (Å²) in [6.07, 6.45) is 1.78. The third-order valence-corrected chi connectivity index (χ3v) is 4.55. The molecule has 0 spiro atoms. The summed E-state index contributed by atoms with van der Waals surface area (Å²) in [6.45, 7) is 4.00. The summed E-state index contributed by atoms with van der Waals surface area (Å²) in [5, 5.41) is 1.01. The third-order valence-electron chi connectivity index (χ3n) is 3.55. The fourth-order valence-electron chi connectivity index (χ4n) is 2.53. The maximum Gasteiger partial charge on any atom is 0.109 e. The zero-order valence-corrected chi connectivity index (χ0v) is 13.6. The largest absolute Gasteiger partial charge is 0.255 e. The summed E-state index contributed by atoms with van der Waals surface area (Å²) in [5.74, 6) is 0. The smallest absolute Gasteiger partial charge is 0.109 e. The van der Waals surface area contributed by atoms with Gasteiger partial charge in [0.2, 0.25) is 0 Å². The lowest BCUT2D eigenvalue weighted by molar-refractivity contribution is 1.18. The third kappa shape index (κ3) is 2.59. The van der Waals surface area contributed by atoms with Gasteiger partial charge in [-0.25, -0.2) is 9.97 Å². The number of rotatable bonds is 2. The van der Waals surface area contributed by atoms with Crippen molar-refractivity contribution < 1.29 is 0 Å². The van der Waals surface area contributed by atoms with Gasteiger partial charge in [-0.2, -0.15) is 0 Å². The van der Waals surface area contributed by atoms with Crippen LogP contribution in [-0.4, -0.2) is 19.9 Å². The average Bonchev–Trinajstić information content (AvgIpc) is 2.96. The molecule has 0 aliphatic carbocycles. The van der Waals surface area contributed by atoms with Crippen LogP contribution in [0.15, 0.2) is 48.7 Å². The Kier molecular flexibility index (Phi) is 3.35. The number of hydrogen-bond acceptors (Lipinski definition) is 5. The van der Waals surface area contributed by atoms with Gasteiger partial charge in [0, 0.05) is 11.9 Å². The lowest BCUT2D eigenvalue weighted by Crippen LogP contribution is -1.90. The van der Waals surface area contributed by atoms with E-state index in [9.17, 15) is 0 Å². The molecule has 0 radical (unpaired) electrons. The van der Waals surface area contributed by atoms with Crippen LogP contribution < -0.4 is 0 Å². The zero-order chi connectivity index (χ0) is 15.8. The monoisotopic (exact) mass is 318 g/mol. The summed E-state index contributed by atoms with van der Waals surface area (Å²) < 4.78 is 0. The minimum Gasteiger partial charge on any atom is -0.255 e. The summed E-state index contributed by atoms with van der Waals surface area (Å²) in [5.41, 5.74) is 5.46. The highest BCUT2D eigenvalue weighted by Gasteiger charge is 2.16. The predicted octanol–water partition coefficient (Wildman–Crippen LogP) is 4.43.